The van der Waals surface area contributed by atoms with Crippen molar-refractivity contribution in [3.05, 3.63) is 70.7 Å². The van der Waals surface area contributed by atoms with Crippen LogP contribution in [-0.2, 0) is 0 Å². The van der Waals surface area contributed by atoms with Gasteiger partial charge in [-0.3, -0.25) is 4.79 Å². The first kappa shape index (κ1) is 19.0. The standard InChI is InChI=1S/C20H18F2N2O2S/c1-13-18(27-19(23-13)14-7-9-15(21)10-8-14)20(25)24(2)11-12-26-17-6-4-3-5-16(17)22/h3-10H,11-12H2,1-2H3. The van der Waals surface area contributed by atoms with Crippen LogP contribution in [0.2, 0.25) is 0 Å². The number of benzene rings is 2. The summed E-state index contributed by atoms with van der Waals surface area (Å²) in [6.45, 7) is 2.24. The molecule has 0 unspecified atom stereocenters. The molecule has 3 aromatic rings. The Labute approximate surface area is 160 Å². The summed E-state index contributed by atoms with van der Waals surface area (Å²) < 4.78 is 32.0. The Morgan fingerprint density at radius 1 is 1.15 bits per heavy atom. The third-order valence-corrected chi connectivity index (χ3v) is 5.14. The summed E-state index contributed by atoms with van der Waals surface area (Å²) >= 11 is 1.26. The van der Waals surface area contributed by atoms with Gasteiger partial charge in [0, 0.05) is 12.6 Å². The van der Waals surface area contributed by atoms with Crippen LogP contribution in [0.3, 0.4) is 0 Å². The molecule has 140 valence electrons. The summed E-state index contributed by atoms with van der Waals surface area (Å²) in [6.07, 6.45) is 0. The maximum atomic E-state index is 13.5. The molecule has 4 nitrogen and oxygen atoms in total. The number of aromatic nitrogens is 1. The van der Waals surface area contributed by atoms with Crippen molar-refractivity contribution in [1.29, 1.82) is 0 Å². The average Bonchev–Trinajstić information content (AvgIpc) is 3.04. The van der Waals surface area contributed by atoms with Crippen LogP contribution in [0.5, 0.6) is 5.75 Å². The van der Waals surface area contributed by atoms with Gasteiger partial charge in [-0.2, -0.15) is 0 Å². The molecule has 0 radical (unpaired) electrons. The summed E-state index contributed by atoms with van der Waals surface area (Å²) in [6, 6.07) is 12.1. The average molecular weight is 388 g/mol. The second kappa shape index (κ2) is 8.26. The molecule has 0 N–H and O–H groups in total. The van der Waals surface area contributed by atoms with Crippen molar-refractivity contribution >= 4 is 17.2 Å². The number of carbonyl (C=O) groups is 1. The molecule has 0 aliphatic carbocycles. The first-order chi connectivity index (χ1) is 13.0. The highest BCUT2D eigenvalue weighted by Gasteiger charge is 2.19. The topological polar surface area (TPSA) is 42.4 Å². The first-order valence-corrected chi connectivity index (χ1v) is 9.13. The fourth-order valence-corrected chi connectivity index (χ4v) is 3.51. The molecule has 0 aliphatic heterocycles. The molecule has 0 saturated heterocycles. The number of nitrogens with zero attached hydrogens (tertiary/aromatic N) is 2. The minimum absolute atomic E-state index is 0.158. The van der Waals surface area contributed by atoms with Gasteiger partial charge in [0.15, 0.2) is 11.6 Å². The third-order valence-electron chi connectivity index (χ3n) is 3.95. The van der Waals surface area contributed by atoms with Crippen LogP contribution >= 0.6 is 11.3 Å². The number of thiazole rings is 1. The molecular formula is C20H18F2N2O2S. The van der Waals surface area contributed by atoms with E-state index in [1.165, 1.54) is 34.4 Å². The number of halogens is 2. The Hall–Kier alpha value is -2.80. The van der Waals surface area contributed by atoms with Crippen molar-refractivity contribution in [1.82, 2.24) is 9.88 Å². The van der Waals surface area contributed by atoms with Gasteiger partial charge in [0.25, 0.3) is 5.91 Å². The van der Waals surface area contributed by atoms with Crippen molar-refractivity contribution in [2.75, 3.05) is 20.2 Å². The Kier molecular flexibility index (Phi) is 5.81. The number of hydrogen-bond acceptors (Lipinski definition) is 4. The molecule has 2 aromatic carbocycles. The summed E-state index contributed by atoms with van der Waals surface area (Å²) in [7, 11) is 1.66. The van der Waals surface area contributed by atoms with E-state index >= 15 is 0 Å². The number of para-hydroxylation sites is 1. The molecule has 0 aliphatic rings. The Morgan fingerprint density at radius 3 is 2.56 bits per heavy atom. The maximum Gasteiger partial charge on any atom is 0.265 e. The van der Waals surface area contributed by atoms with Crippen molar-refractivity contribution in [2.45, 2.75) is 6.92 Å². The molecule has 1 heterocycles. The zero-order valence-electron chi connectivity index (χ0n) is 14.9. The molecule has 27 heavy (non-hydrogen) atoms. The van der Waals surface area contributed by atoms with Crippen LogP contribution in [-0.4, -0.2) is 36.0 Å². The largest absolute Gasteiger partial charge is 0.489 e. The van der Waals surface area contributed by atoms with E-state index in [9.17, 15) is 13.6 Å². The van der Waals surface area contributed by atoms with Crippen LogP contribution < -0.4 is 4.74 Å². The van der Waals surface area contributed by atoms with Crippen LogP contribution in [0, 0.1) is 18.6 Å². The SMILES string of the molecule is Cc1nc(-c2ccc(F)cc2)sc1C(=O)N(C)CCOc1ccccc1F. The molecule has 0 bridgehead atoms. The van der Waals surface area contributed by atoms with Gasteiger partial charge in [-0.25, -0.2) is 13.8 Å². The Balaban J connectivity index is 1.64. The summed E-state index contributed by atoms with van der Waals surface area (Å²) in [4.78, 5) is 19.1. The molecule has 0 atom stereocenters. The van der Waals surface area contributed by atoms with Crippen LogP contribution in [0.4, 0.5) is 8.78 Å². The fourth-order valence-electron chi connectivity index (χ4n) is 2.44. The number of carbonyl (C=O) groups excluding carboxylic acids is 1. The van der Waals surface area contributed by atoms with Crippen molar-refractivity contribution in [3.8, 4) is 16.3 Å². The van der Waals surface area contributed by atoms with E-state index in [-0.39, 0.29) is 24.1 Å². The Bertz CT molecular complexity index is 941. The smallest absolute Gasteiger partial charge is 0.265 e. The van der Waals surface area contributed by atoms with Gasteiger partial charge in [0.2, 0.25) is 0 Å². The lowest BCUT2D eigenvalue weighted by Crippen LogP contribution is -2.30. The minimum atomic E-state index is -0.436. The maximum absolute atomic E-state index is 13.5. The molecular weight excluding hydrogens is 370 g/mol. The molecule has 1 amide bonds. The monoisotopic (exact) mass is 388 g/mol. The zero-order chi connectivity index (χ0) is 19.4. The minimum Gasteiger partial charge on any atom is -0.489 e. The highest BCUT2D eigenvalue weighted by molar-refractivity contribution is 7.17. The molecule has 0 spiro atoms. The second-order valence-electron chi connectivity index (χ2n) is 5.95. The van der Waals surface area contributed by atoms with E-state index in [4.69, 9.17) is 4.74 Å². The van der Waals surface area contributed by atoms with Crippen molar-refractivity contribution in [3.63, 3.8) is 0 Å². The number of hydrogen-bond donors (Lipinski definition) is 0. The van der Waals surface area contributed by atoms with Crippen LogP contribution in [0.25, 0.3) is 10.6 Å². The quantitative estimate of drug-likeness (QED) is 0.622. The van der Waals surface area contributed by atoms with Crippen molar-refractivity contribution in [2.24, 2.45) is 0 Å². The van der Waals surface area contributed by atoms with Gasteiger partial charge < -0.3 is 9.64 Å². The summed E-state index contributed by atoms with van der Waals surface area (Å²) in [5.41, 5.74) is 1.38. The predicted octanol–water partition coefficient (Wildman–Crippen LogP) is 4.55. The van der Waals surface area contributed by atoms with Crippen LogP contribution in [0.15, 0.2) is 48.5 Å². The highest BCUT2D eigenvalue weighted by Crippen LogP contribution is 2.28. The second-order valence-corrected chi connectivity index (χ2v) is 6.95. The molecule has 0 fully saturated rings. The molecule has 7 heteroatoms. The first-order valence-electron chi connectivity index (χ1n) is 8.32. The van der Waals surface area contributed by atoms with Gasteiger partial charge in [-0.05, 0) is 43.3 Å². The van der Waals surface area contributed by atoms with Gasteiger partial charge in [0.05, 0.1) is 12.2 Å². The third kappa shape index (κ3) is 4.49. The van der Waals surface area contributed by atoms with E-state index < -0.39 is 5.82 Å². The van der Waals surface area contributed by atoms with Crippen LogP contribution in [0.1, 0.15) is 15.4 Å². The van der Waals surface area contributed by atoms with Gasteiger partial charge in [-0.15, -0.1) is 11.3 Å². The van der Waals surface area contributed by atoms with E-state index in [0.29, 0.717) is 22.1 Å². The number of aryl methyl sites for hydroxylation is 1. The number of amides is 1. The number of rotatable bonds is 6. The van der Waals surface area contributed by atoms with E-state index in [1.54, 1.807) is 44.3 Å². The van der Waals surface area contributed by atoms with E-state index in [1.807, 2.05) is 0 Å². The molecule has 3 rings (SSSR count). The summed E-state index contributed by atoms with van der Waals surface area (Å²) in [5, 5.41) is 0.659. The number of likely N-dealkylation sites (N-methyl/N-ethyl adjacent to an activating group) is 1. The highest BCUT2D eigenvalue weighted by atomic mass is 32.1. The fraction of sp³-hybridized carbons (Fsp3) is 0.200. The summed E-state index contributed by atoms with van der Waals surface area (Å²) in [5.74, 6) is -0.784. The number of ether oxygens (including phenoxy) is 1. The van der Waals surface area contributed by atoms with Gasteiger partial charge in [0.1, 0.15) is 22.3 Å². The predicted molar refractivity (Wildman–Crippen MR) is 101 cm³/mol. The Morgan fingerprint density at radius 2 is 1.85 bits per heavy atom. The zero-order valence-corrected chi connectivity index (χ0v) is 15.7. The molecule has 0 saturated carbocycles. The van der Waals surface area contributed by atoms with E-state index in [0.717, 1.165) is 5.56 Å². The van der Waals surface area contributed by atoms with Gasteiger partial charge >= 0.3 is 0 Å². The lowest BCUT2D eigenvalue weighted by atomic mass is 10.2. The lowest BCUT2D eigenvalue weighted by molar-refractivity contribution is 0.0776. The van der Waals surface area contributed by atoms with Gasteiger partial charge in [-0.1, -0.05) is 12.1 Å². The normalized spacial score (nSPS) is 10.7. The lowest BCUT2D eigenvalue weighted by Gasteiger charge is -2.17. The molecule has 1 aromatic heterocycles. The van der Waals surface area contributed by atoms with E-state index in [2.05, 4.69) is 4.98 Å². The van der Waals surface area contributed by atoms with Crippen molar-refractivity contribution < 1.29 is 18.3 Å².